The summed E-state index contributed by atoms with van der Waals surface area (Å²) in [6, 6.07) is 9.94. The van der Waals surface area contributed by atoms with Gasteiger partial charge in [-0.15, -0.1) is 0 Å². The molecule has 0 unspecified atom stereocenters. The van der Waals surface area contributed by atoms with Crippen LogP contribution >= 0.6 is 0 Å². The molecule has 1 aliphatic heterocycles. The zero-order chi connectivity index (χ0) is 17.0. The fourth-order valence-electron chi connectivity index (χ4n) is 4.18. The number of nitrogens with zero attached hydrogens (tertiary/aromatic N) is 2. The van der Waals surface area contributed by atoms with Crippen LogP contribution < -0.4 is 0 Å². The summed E-state index contributed by atoms with van der Waals surface area (Å²) in [6.07, 6.45) is 7.07. The summed E-state index contributed by atoms with van der Waals surface area (Å²) in [5, 5.41) is 0. The van der Waals surface area contributed by atoms with Gasteiger partial charge in [0.1, 0.15) is 5.76 Å². The van der Waals surface area contributed by atoms with Crippen molar-refractivity contribution >= 4 is 0 Å². The van der Waals surface area contributed by atoms with E-state index in [0.29, 0.717) is 12.5 Å². The molecule has 0 radical (unpaired) electrons. The van der Waals surface area contributed by atoms with Crippen LogP contribution in [0.1, 0.15) is 30.7 Å². The van der Waals surface area contributed by atoms with Gasteiger partial charge in [0.2, 0.25) is 0 Å². The average Bonchev–Trinajstić information content (AvgIpc) is 3.27. The predicted molar refractivity (Wildman–Crippen MR) is 93.9 cm³/mol. The summed E-state index contributed by atoms with van der Waals surface area (Å²) < 4.78 is 17.8. The zero-order valence-electron chi connectivity index (χ0n) is 14.6. The fourth-order valence-corrected chi connectivity index (χ4v) is 4.18. The van der Waals surface area contributed by atoms with E-state index in [-0.39, 0.29) is 5.60 Å². The highest BCUT2D eigenvalue weighted by Gasteiger charge is 2.47. The lowest BCUT2D eigenvalue weighted by Gasteiger charge is -2.43. The predicted octanol–water partition coefficient (Wildman–Crippen LogP) is 3.26. The van der Waals surface area contributed by atoms with Gasteiger partial charge in [-0.2, -0.15) is 0 Å². The van der Waals surface area contributed by atoms with E-state index in [1.165, 1.54) is 12.8 Å². The van der Waals surface area contributed by atoms with E-state index >= 15 is 0 Å². The average molecular weight is 342 g/mol. The van der Waals surface area contributed by atoms with Crippen molar-refractivity contribution in [2.24, 2.45) is 5.92 Å². The molecule has 2 aromatic heterocycles. The lowest BCUT2D eigenvalue weighted by molar-refractivity contribution is -0.145. The van der Waals surface area contributed by atoms with Gasteiger partial charge in [0.25, 0.3) is 0 Å². The van der Waals surface area contributed by atoms with Gasteiger partial charge in [0, 0.05) is 25.2 Å². The van der Waals surface area contributed by atoms with Crippen molar-refractivity contribution in [2.75, 3.05) is 26.3 Å². The molecule has 0 aromatic carbocycles. The molecule has 1 spiro atoms. The van der Waals surface area contributed by atoms with Crippen molar-refractivity contribution in [1.82, 2.24) is 9.88 Å². The summed E-state index contributed by atoms with van der Waals surface area (Å²) in [6.45, 7) is 4.89. The molecule has 2 aromatic rings. The van der Waals surface area contributed by atoms with E-state index in [9.17, 15) is 0 Å². The van der Waals surface area contributed by atoms with Gasteiger partial charge in [-0.05, 0) is 37.1 Å². The minimum absolute atomic E-state index is 0.0606. The first-order valence-corrected chi connectivity index (χ1v) is 9.20. The van der Waals surface area contributed by atoms with Crippen LogP contribution in [0.15, 0.2) is 47.2 Å². The van der Waals surface area contributed by atoms with Crippen LogP contribution in [0.25, 0.3) is 0 Å². The molecule has 5 nitrogen and oxygen atoms in total. The van der Waals surface area contributed by atoms with Gasteiger partial charge in [-0.1, -0.05) is 12.5 Å². The molecule has 3 heterocycles. The minimum atomic E-state index is -0.0606. The Labute approximate surface area is 148 Å². The van der Waals surface area contributed by atoms with Gasteiger partial charge < -0.3 is 13.9 Å². The third-order valence-corrected chi connectivity index (χ3v) is 5.44. The molecule has 0 bridgehead atoms. The first kappa shape index (κ1) is 16.8. The van der Waals surface area contributed by atoms with Crippen LogP contribution in [-0.4, -0.2) is 41.8 Å². The van der Waals surface area contributed by atoms with Gasteiger partial charge >= 0.3 is 0 Å². The van der Waals surface area contributed by atoms with Crippen molar-refractivity contribution in [3.63, 3.8) is 0 Å². The van der Waals surface area contributed by atoms with E-state index in [0.717, 1.165) is 50.7 Å². The molecule has 4 rings (SSSR count). The highest BCUT2D eigenvalue weighted by atomic mass is 16.5. The zero-order valence-corrected chi connectivity index (χ0v) is 14.6. The van der Waals surface area contributed by atoms with Crippen molar-refractivity contribution in [1.29, 1.82) is 0 Å². The molecular weight excluding hydrogens is 316 g/mol. The molecule has 2 fully saturated rings. The summed E-state index contributed by atoms with van der Waals surface area (Å²) >= 11 is 0. The summed E-state index contributed by atoms with van der Waals surface area (Å²) in [4.78, 5) is 6.78. The molecule has 0 amide bonds. The van der Waals surface area contributed by atoms with Crippen LogP contribution in [0.2, 0.25) is 0 Å². The van der Waals surface area contributed by atoms with Gasteiger partial charge in [0.05, 0.1) is 43.9 Å². The Balaban J connectivity index is 1.34. The van der Waals surface area contributed by atoms with Crippen molar-refractivity contribution in [2.45, 2.75) is 38.0 Å². The standard InChI is InChI=1S/C20H26N2O3/c1-2-9-21-18(6-1)15-23-14-17-5-3-8-20(17)16-22(10-12-25-20)13-19-7-4-11-24-19/h1-2,4,6-7,9,11,17H,3,5,8,10,12-16H2/t17-,20+/m0/s1. The Kier molecular flexibility index (Phi) is 5.15. The molecular formula is C20H26N2O3. The smallest absolute Gasteiger partial charge is 0.117 e. The minimum Gasteiger partial charge on any atom is -0.468 e. The summed E-state index contributed by atoms with van der Waals surface area (Å²) in [5.41, 5.74) is 0.924. The largest absolute Gasteiger partial charge is 0.468 e. The van der Waals surface area contributed by atoms with Crippen molar-refractivity contribution in [3.8, 4) is 0 Å². The number of aromatic nitrogens is 1. The molecule has 1 aliphatic carbocycles. The van der Waals surface area contributed by atoms with Crippen molar-refractivity contribution in [3.05, 3.63) is 54.2 Å². The molecule has 25 heavy (non-hydrogen) atoms. The van der Waals surface area contributed by atoms with E-state index in [4.69, 9.17) is 13.9 Å². The third-order valence-electron chi connectivity index (χ3n) is 5.44. The van der Waals surface area contributed by atoms with Crippen LogP contribution in [-0.2, 0) is 22.6 Å². The molecule has 0 N–H and O–H groups in total. The molecule has 2 aliphatic rings. The molecule has 134 valence electrons. The fraction of sp³-hybridized carbons (Fsp3) is 0.550. The second-order valence-corrected chi connectivity index (χ2v) is 7.13. The third kappa shape index (κ3) is 3.94. The monoisotopic (exact) mass is 342 g/mol. The molecule has 5 heteroatoms. The quantitative estimate of drug-likeness (QED) is 0.806. The summed E-state index contributed by atoms with van der Waals surface area (Å²) in [7, 11) is 0. The molecule has 1 saturated carbocycles. The lowest BCUT2D eigenvalue weighted by atomic mass is 9.89. The first-order chi connectivity index (χ1) is 12.3. The Bertz CT molecular complexity index is 646. The SMILES string of the molecule is c1ccc(COC[C@@H]2CCC[C@@]23CN(Cc2ccco2)CCO3)nc1. The number of hydrogen-bond acceptors (Lipinski definition) is 5. The Morgan fingerprint density at radius 3 is 3.12 bits per heavy atom. The Morgan fingerprint density at radius 1 is 1.28 bits per heavy atom. The number of furan rings is 1. The van der Waals surface area contributed by atoms with Gasteiger partial charge in [0.15, 0.2) is 0 Å². The van der Waals surface area contributed by atoms with Gasteiger partial charge in [-0.3, -0.25) is 9.88 Å². The normalized spacial score (nSPS) is 27.1. The number of pyridine rings is 1. The Hall–Kier alpha value is -1.69. The molecule has 1 saturated heterocycles. The van der Waals surface area contributed by atoms with Crippen LogP contribution in [0, 0.1) is 5.92 Å². The maximum Gasteiger partial charge on any atom is 0.117 e. The van der Waals surface area contributed by atoms with E-state index < -0.39 is 0 Å². The lowest BCUT2D eigenvalue weighted by Crippen LogP contribution is -2.54. The van der Waals surface area contributed by atoms with E-state index in [1.54, 1.807) is 6.26 Å². The summed E-state index contributed by atoms with van der Waals surface area (Å²) in [5.74, 6) is 1.48. The van der Waals surface area contributed by atoms with E-state index in [1.807, 2.05) is 36.5 Å². The van der Waals surface area contributed by atoms with Crippen molar-refractivity contribution < 1.29 is 13.9 Å². The highest BCUT2D eigenvalue weighted by Crippen LogP contribution is 2.41. The van der Waals surface area contributed by atoms with Crippen LogP contribution in [0.3, 0.4) is 0 Å². The second kappa shape index (κ2) is 7.68. The van der Waals surface area contributed by atoms with Crippen LogP contribution in [0.5, 0.6) is 0 Å². The Morgan fingerprint density at radius 2 is 2.28 bits per heavy atom. The number of ether oxygens (including phenoxy) is 2. The first-order valence-electron chi connectivity index (χ1n) is 9.20. The number of rotatable bonds is 6. The maximum absolute atomic E-state index is 6.32. The topological polar surface area (TPSA) is 47.7 Å². The maximum atomic E-state index is 6.32. The van der Waals surface area contributed by atoms with Gasteiger partial charge in [-0.25, -0.2) is 0 Å². The van der Waals surface area contributed by atoms with Crippen LogP contribution in [0.4, 0.5) is 0 Å². The number of morpholine rings is 1. The number of hydrogen-bond donors (Lipinski definition) is 0. The van der Waals surface area contributed by atoms with E-state index in [2.05, 4.69) is 9.88 Å². The molecule has 2 atom stereocenters. The highest BCUT2D eigenvalue weighted by molar-refractivity contribution is 5.03. The second-order valence-electron chi connectivity index (χ2n) is 7.13.